The van der Waals surface area contributed by atoms with Gasteiger partial charge in [0.25, 0.3) is 0 Å². The molecule has 16 heteroatoms. The summed E-state index contributed by atoms with van der Waals surface area (Å²) < 4.78 is 10.9. The van der Waals surface area contributed by atoms with Crippen LogP contribution in [0.1, 0.15) is 18.1 Å². The molecule has 0 bridgehead atoms. The molecule has 0 unspecified atom stereocenters. The Hall–Kier alpha value is -1.16. The van der Waals surface area contributed by atoms with E-state index in [9.17, 15) is 10.2 Å². The fourth-order valence-corrected chi connectivity index (χ4v) is 24.3. The fourth-order valence-electron chi connectivity index (χ4n) is 5.78. The molecule has 2 N–H and O–H groups in total. The van der Waals surface area contributed by atoms with Crippen LogP contribution in [0.5, 0.6) is 0 Å². The number of hydrogen-bond donors (Lipinski definition) is 2. The summed E-state index contributed by atoms with van der Waals surface area (Å²) in [4.78, 5) is 7.11. The first-order chi connectivity index (χ1) is 32.5. The van der Waals surface area contributed by atoms with E-state index in [1.807, 2.05) is 165 Å². The summed E-state index contributed by atoms with van der Waals surface area (Å²) in [7, 11) is 0. The molecule has 2 aromatic rings. The van der Waals surface area contributed by atoms with Crippen LogP contribution in [0.25, 0.3) is 11.1 Å². The maximum absolute atomic E-state index is 9.23. The predicted octanol–water partition coefficient (Wildman–Crippen LogP) is 19.9. The van der Waals surface area contributed by atoms with Crippen LogP contribution in [0.4, 0.5) is 0 Å². The molecule has 0 atom stereocenters. The first-order valence-electron chi connectivity index (χ1n) is 19.9. The molecule has 66 heavy (non-hydrogen) atoms. The molecule has 0 aromatic heterocycles. The van der Waals surface area contributed by atoms with Gasteiger partial charge in [0.05, 0.1) is 47.1 Å². The van der Waals surface area contributed by atoms with Crippen LogP contribution in [0, 0.1) is 0 Å². The second-order valence-corrected chi connectivity index (χ2v) is 29.4. The van der Waals surface area contributed by atoms with Crippen LogP contribution < -0.4 is 0 Å². The third-order valence-corrected chi connectivity index (χ3v) is 27.9. The van der Waals surface area contributed by atoms with Gasteiger partial charge in [0.2, 0.25) is 0 Å². The zero-order valence-electron chi connectivity index (χ0n) is 35.3. The molecule has 2 aromatic carbocycles. The minimum atomic E-state index is 0.0241. The first kappa shape index (κ1) is 52.7. The lowest BCUT2D eigenvalue weighted by Crippen LogP contribution is -1.89. The van der Waals surface area contributed by atoms with Crippen LogP contribution >= 0.6 is 165 Å². The van der Waals surface area contributed by atoms with Crippen LogP contribution in [0.2, 0.25) is 0 Å². The van der Waals surface area contributed by atoms with Crippen molar-refractivity contribution in [1.82, 2.24) is 0 Å². The van der Waals surface area contributed by atoms with Gasteiger partial charge in [-0.05, 0) is 75.1 Å². The molecule has 2 nitrogen and oxygen atoms in total. The zero-order chi connectivity index (χ0) is 46.1. The summed E-state index contributed by atoms with van der Waals surface area (Å²) in [6.45, 7) is 11.8. The van der Waals surface area contributed by atoms with Crippen molar-refractivity contribution in [1.29, 1.82) is 0 Å². The molecule has 0 saturated carbocycles. The summed E-state index contributed by atoms with van der Waals surface area (Å²) in [5.74, 6) is 0. The normalized spacial score (nSPS) is 19.4. The lowest BCUT2D eigenvalue weighted by molar-refractivity contribution is 0.324. The number of rotatable bonds is 12. The minimum Gasteiger partial charge on any atom is -0.391 e. The Bertz CT molecular complexity index is 2610. The quantitative estimate of drug-likeness (QED) is 0.156. The van der Waals surface area contributed by atoms with Gasteiger partial charge < -0.3 is 10.2 Å². The van der Waals surface area contributed by atoms with Gasteiger partial charge in [0.1, 0.15) is 0 Å². The van der Waals surface area contributed by atoms with Crippen molar-refractivity contribution in [2.75, 3.05) is 18.3 Å². The van der Waals surface area contributed by atoms with E-state index in [1.165, 1.54) is 70.2 Å². The smallest absolute Gasteiger partial charge is 0.0753 e. The molecule has 338 valence electrons. The third kappa shape index (κ3) is 14.5. The van der Waals surface area contributed by atoms with Crippen LogP contribution in [0.15, 0.2) is 232 Å². The Kier molecular flexibility index (Phi) is 22.4. The van der Waals surface area contributed by atoms with E-state index in [1.54, 1.807) is 29.6 Å². The molecule has 0 spiro atoms. The number of hydrogen-bond acceptors (Lipinski definition) is 16. The lowest BCUT2D eigenvalue weighted by Gasteiger charge is -2.05. The van der Waals surface area contributed by atoms with E-state index in [2.05, 4.69) is 145 Å². The van der Waals surface area contributed by atoms with E-state index in [0.717, 1.165) is 20.5 Å². The summed E-state index contributed by atoms with van der Waals surface area (Å²) in [5, 5.41) is 28.3. The Balaban J connectivity index is 0.000000283. The van der Waals surface area contributed by atoms with Crippen molar-refractivity contribution in [3.63, 3.8) is 0 Å². The van der Waals surface area contributed by atoms with Gasteiger partial charge in [0.15, 0.2) is 0 Å². The van der Waals surface area contributed by atoms with E-state index < -0.39 is 0 Å². The monoisotopic (exact) mass is 1120 g/mol. The van der Waals surface area contributed by atoms with E-state index in [-0.39, 0.29) is 13.2 Å². The predicted molar refractivity (Wildman–Crippen MR) is 323 cm³/mol. The number of aliphatic hydroxyl groups is 2. The van der Waals surface area contributed by atoms with Gasteiger partial charge in [0, 0.05) is 34.5 Å². The average Bonchev–Trinajstić information content (AvgIpc) is 4.20. The summed E-state index contributed by atoms with van der Waals surface area (Å²) >= 11 is 25.5. The second-order valence-electron chi connectivity index (χ2n) is 12.9. The molecular formula is C50H42O2S14. The molecule has 0 saturated heterocycles. The number of thioether (sulfide) groups is 14. The molecule has 9 rings (SSSR count). The maximum atomic E-state index is 9.23. The highest BCUT2D eigenvalue weighted by molar-refractivity contribution is 8.46. The van der Waals surface area contributed by atoms with Crippen molar-refractivity contribution in [2.24, 2.45) is 0 Å². The number of allylic oxidation sites excluding steroid dienone is 17. The Morgan fingerprint density at radius 2 is 0.909 bits per heavy atom. The van der Waals surface area contributed by atoms with Crippen LogP contribution in [0.3, 0.4) is 0 Å². The Labute approximate surface area is 449 Å². The van der Waals surface area contributed by atoms with Crippen LogP contribution in [-0.2, 0) is 0 Å². The topological polar surface area (TPSA) is 40.5 Å². The third-order valence-electron chi connectivity index (χ3n) is 8.72. The number of aliphatic hydroxyl groups excluding tert-OH is 2. The first-order valence-corrected chi connectivity index (χ1v) is 31.9. The van der Waals surface area contributed by atoms with E-state index >= 15 is 0 Å². The summed E-state index contributed by atoms with van der Waals surface area (Å²) in [6.07, 6.45) is 31.1. The molecule has 0 radical (unpaired) electrons. The SMILES string of the molecule is C=C.C=C/C=C/C=C/C=C/C(=C/C=C/C=C/C(=C/C=C/C)c1ccc2c(c1)SC(=C1SC=CS1)S2)c1ccc2c(c1)SC(=C1SC=CS1)S2.OCC1=C(CO)SC(=C2SC3=C(SCS3)S2)S1. The van der Waals surface area contributed by atoms with Crippen molar-refractivity contribution in [3.05, 3.63) is 224 Å². The summed E-state index contributed by atoms with van der Waals surface area (Å²) in [5.41, 5.74) is 4.77. The van der Waals surface area contributed by atoms with Gasteiger partial charge in [-0.25, -0.2) is 0 Å². The van der Waals surface area contributed by atoms with Crippen molar-refractivity contribution in [3.8, 4) is 0 Å². The molecule has 7 heterocycles. The molecule has 0 amide bonds. The lowest BCUT2D eigenvalue weighted by atomic mass is 10.0. The molecule has 0 aliphatic carbocycles. The molecule has 0 fully saturated rings. The average molecular weight is 1120 g/mol. The standard InChI is InChI=1S/C39H30S8.C9H8O2S6.C2H4/c1-3-5-7-8-9-11-15-29(31-19-21-33-35(27-31)47-39(45-33)37-42-24-25-43-37)17-13-10-12-16-28(14-6-4-2)30-18-20-32-34(26-30)46-38(44-32)36-40-22-23-41-36;10-1-4-5(2-11)15-8(14-4)9-16-6-7(17-9)13-3-12-6;1-2/h3-27H,1H2,2H3;10-11H,1-3H2;1-2H2/b6-4+,7-5+,9-8+,13-10+,15-11+,16-12+,28-14-,29-17-;;. The van der Waals surface area contributed by atoms with Gasteiger partial charge in [-0.15, -0.1) is 36.7 Å². The molecule has 7 aliphatic rings. The molecular weight excluding hydrogens is 1080 g/mol. The minimum absolute atomic E-state index is 0.0241. The number of fused-ring (bicyclic) bond motifs is 2. The van der Waals surface area contributed by atoms with Crippen LogP contribution in [-0.4, -0.2) is 28.5 Å². The fraction of sp³-hybridized carbons (Fsp3) is 0.0800. The van der Waals surface area contributed by atoms with E-state index in [4.69, 9.17) is 0 Å². The van der Waals surface area contributed by atoms with Gasteiger partial charge >= 0.3 is 0 Å². The highest BCUT2D eigenvalue weighted by Gasteiger charge is 2.32. The van der Waals surface area contributed by atoms with Gasteiger partial charge in [-0.2, -0.15) is 0 Å². The Morgan fingerprint density at radius 1 is 0.485 bits per heavy atom. The highest BCUT2D eigenvalue weighted by atomic mass is 32.3. The zero-order valence-corrected chi connectivity index (χ0v) is 46.7. The second kappa shape index (κ2) is 28.0. The van der Waals surface area contributed by atoms with Crippen molar-refractivity contribution in [2.45, 2.75) is 26.5 Å². The van der Waals surface area contributed by atoms with E-state index in [0.29, 0.717) is 0 Å². The summed E-state index contributed by atoms with van der Waals surface area (Å²) in [6, 6.07) is 13.6. The van der Waals surface area contributed by atoms with Gasteiger partial charge in [-0.3, -0.25) is 0 Å². The largest absolute Gasteiger partial charge is 0.391 e. The highest BCUT2D eigenvalue weighted by Crippen LogP contribution is 2.66. The maximum Gasteiger partial charge on any atom is 0.0753 e. The van der Waals surface area contributed by atoms with Crippen molar-refractivity contribution < 1.29 is 10.2 Å². The number of benzene rings is 2. The Morgan fingerprint density at radius 3 is 1.39 bits per heavy atom. The molecule has 7 aliphatic heterocycles. The van der Waals surface area contributed by atoms with Gasteiger partial charge in [-0.1, -0.05) is 251 Å². The van der Waals surface area contributed by atoms with Crippen molar-refractivity contribution >= 4 is 176 Å².